The van der Waals surface area contributed by atoms with Gasteiger partial charge in [-0.1, -0.05) is 0 Å². The van der Waals surface area contributed by atoms with Gasteiger partial charge in [-0.25, -0.2) is 0 Å². The number of carbonyl (C=O) groups is 1. The van der Waals surface area contributed by atoms with Gasteiger partial charge in [-0.2, -0.15) is 0 Å². The average molecular weight is 308 g/mol. The third-order valence-corrected chi connectivity index (χ3v) is 4.83. The Morgan fingerprint density at radius 2 is 2.00 bits per heavy atom. The van der Waals surface area contributed by atoms with E-state index < -0.39 is 0 Å². The smallest absolute Gasteiger partial charge is 0.251 e. The summed E-state index contributed by atoms with van der Waals surface area (Å²) in [6.45, 7) is 3.34. The summed E-state index contributed by atoms with van der Waals surface area (Å²) in [5, 5.41) is 6.44. The molecule has 0 atom stereocenters. The van der Waals surface area contributed by atoms with Gasteiger partial charge >= 0.3 is 0 Å². The van der Waals surface area contributed by atoms with Crippen molar-refractivity contribution in [2.45, 2.75) is 17.7 Å². The van der Waals surface area contributed by atoms with E-state index in [4.69, 9.17) is 4.74 Å². The summed E-state index contributed by atoms with van der Waals surface area (Å²) in [4.78, 5) is 13.4. The minimum Gasteiger partial charge on any atom is -0.384 e. The third-order valence-electron chi connectivity index (χ3n) is 4.09. The number of benzene rings is 1. The Balaban J connectivity index is 1.94. The Kier molecular flexibility index (Phi) is 6.08. The first-order valence-electron chi connectivity index (χ1n) is 7.31. The molecular weight excluding hydrogens is 284 g/mol. The molecule has 0 spiro atoms. The third kappa shape index (κ3) is 4.46. The van der Waals surface area contributed by atoms with Crippen LogP contribution in [-0.2, 0) is 4.74 Å². The van der Waals surface area contributed by atoms with Gasteiger partial charge in [-0.3, -0.25) is 4.79 Å². The molecule has 0 aromatic heterocycles. The van der Waals surface area contributed by atoms with E-state index in [2.05, 4.69) is 10.6 Å². The summed E-state index contributed by atoms with van der Waals surface area (Å²) in [7, 11) is 1.73. The predicted molar refractivity (Wildman–Crippen MR) is 87.0 cm³/mol. The number of hydrogen-bond acceptors (Lipinski definition) is 4. The van der Waals surface area contributed by atoms with E-state index in [0.29, 0.717) is 18.7 Å². The molecule has 116 valence electrons. The van der Waals surface area contributed by atoms with Crippen molar-refractivity contribution in [3.63, 3.8) is 0 Å². The average Bonchev–Trinajstić information content (AvgIpc) is 2.54. The van der Waals surface area contributed by atoms with Gasteiger partial charge in [0.05, 0.1) is 6.61 Å². The topological polar surface area (TPSA) is 50.4 Å². The summed E-state index contributed by atoms with van der Waals surface area (Å²) in [5.74, 6) is -0.00309. The minimum absolute atomic E-state index is 0.00309. The second-order valence-electron chi connectivity index (χ2n) is 5.59. The fourth-order valence-electron chi connectivity index (χ4n) is 2.75. The van der Waals surface area contributed by atoms with Gasteiger partial charge in [0, 0.05) is 29.5 Å². The van der Waals surface area contributed by atoms with Gasteiger partial charge < -0.3 is 15.4 Å². The largest absolute Gasteiger partial charge is 0.384 e. The Hall–Kier alpha value is -1.04. The molecule has 21 heavy (non-hydrogen) atoms. The van der Waals surface area contributed by atoms with E-state index in [1.165, 1.54) is 4.90 Å². The molecule has 1 aromatic carbocycles. The van der Waals surface area contributed by atoms with Gasteiger partial charge in [0.15, 0.2) is 0 Å². The van der Waals surface area contributed by atoms with Crippen molar-refractivity contribution in [1.82, 2.24) is 10.6 Å². The number of amides is 1. The lowest BCUT2D eigenvalue weighted by Crippen LogP contribution is -2.47. The molecule has 1 fully saturated rings. The van der Waals surface area contributed by atoms with Crippen molar-refractivity contribution in [1.29, 1.82) is 0 Å². The molecule has 1 aliphatic rings. The zero-order valence-corrected chi connectivity index (χ0v) is 13.6. The van der Waals surface area contributed by atoms with Crippen LogP contribution in [0.4, 0.5) is 0 Å². The van der Waals surface area contributed by atoms with Crippen LogP contribution in [0.3, 0.4) is 0 Å². The number of thioether (sulfide) groups is 1. The van der Waals surface area contributed by atoms with Crippen molar-refractivity contribution in [3.8, 4) is 0 Å². The van der Waals surface area contributed by atoms with E-state index >= 15 is 0 Å². The fraction of sp³-hybridized carbons (Fsp3) is 0.562. The van der Waals surface area contributed by atoms with Crippen LogP contribution in [0.25, 0.3) is 0 Å². The summed E-state index contributed by atoms with van der Waals surface area (Å²) in [6.07, 6.45) is 4.10. The molecule has 1 saturated heterocycles. The lowest BCUT2D eigenvalue weighted by atomic mass is 9.79. The monoisotopic (exact) mass is 308 g/mol. The molecule has 0 unspecified atom stereocenters. The molecule has 1 aromatic rings. The van der Waals surface area contributed by atoms with Crippen LogP contribution in [-0.4, -0.2) is 45.5 Å². The molecule has 5 heteroatoms. The van der Waals surface area contributed by atoms with Gasteiger partial charge in [-0.05, 0) is 56.5 Å². The maximum absolute atomic E-state index is 12.3. The minimum atomic E-state index is -0.00309. The van der Waals surface area contributed by atoms with Gasteiger partial charge in [0.25, 0.3) is 5.91 Å². The van der Waals surface area contributed by atoms with Crippen molar-refractivity contribution in [2.24, 2.45) is 5.41 Å². The normalized spacial score (nSPS) is 17.4. The lowest BCUT2D eigenvalue weighted by Gasteiger charge is -2.37. The number of piperidine rings is 1. The summed E-state index contributed by atoms with van der Waals surface area (Å²) in [6, 6.07) is 7.73. The number of methoxy groups -OCH3 is 1. The van der Waals surface area contributed by atoms with Crippen molar-refractivity contribution < 1.29 is 9.53 Å². The highest BCUT2D eigenvalue weighted by Gasteiger charge is 2.32. The fourth-order valence-corrected chi connectivity index (χ4v) is 3.16. The first-order valence-corrected chi connectivity index (χ1v) is 8.53. The molecule has 0 bridgehead atoms. The highest BCUT2D eigenvalue weighted by molar-refractivity contribution is 7.98. The SMILES string of the molecule is COCC1(CNC(=O)c2ccc(SC)cc2)CCNCC1. The number of ether oxygens (including phenoxy) is 1. The van der Waals surface area contributed by atoms with Crippen molar-refractivity contribution in [3.05, 3.63) is 29.8 Å². The summed E-state index contributed by atoms with van der Waals surface area (Å²) >= 11 is 1.68. The number of hydrogen-bond donors (Lipinski definition) is 2. The maximum atomic E-state index is 12.3. The summed E-state index contributed by atoms with van der Waals surface area (Å²) in [5.41, 5.74) is 0.781. The van der Waals surface area contributed by atoms with Crippen LogP contribution < -0.4 is 10.6 Å². The quantitative estimate of drug-likeness (QED) is 0.791. The molecule has 4 nitrogen and oxygen atoms in total. The van der Waals surface area contributed by atoms with Crippen molar-refractivity contribution >= 4 is 17.7 Å². The first-order chi connectivity index (χ1) is 10.2. The van der Waals surface area contributed by atoms with Gasteiger partial charge in [-0.15, -0.1) is 11.8 Å². The lowest BCUT2D eigenvalue weighted by molar-refractivity contribution is 0.0512. The zero-order chi connectivity index (χ0) is 15.1. The molecule has 1 heterocycles. The zero-order valence-electron chi connectivity index (χ0n) is 12.8. The van der Waals surface area contributed by atoms with Crippen LogP contribution in [0.2, 0.25) is 0 Å². The molecule has 0 saturated carbocycles. The van der Waals surface area contributed by atoms with E-state index in [1.807, 2.05) is 30.5 Å². The Bertz CT molecular complexity index is 450. The van der Waals surface area contributed by atoms with E-state index in [-0.39, 0.29) is 11.3 Å². The standard InChI is InChI=1S/C16H24N2O2S/c1-20-12-16(7-9-17-10-8-16)11-18-15(19)13-3-5-14(21-2)6-4-13/h3-6,17H,7-12H2,1-2H3,(H,18,19). The van der Waals surface area contributed by atoms with Crippen LogP contribution in [0.1, 0.15) is 23.2 Å². The molecule has 0 radical (unpaired) electrons. The first kappa shape index (κ1) is 16.3. The number of carbonyl (C=O) groups excluding carboxylic acids is 1. The maximum Gasteiger partial charge on any atom is 0.251 e. The molecule has 1 amide bonds. The molecule has 2 rings (SSSR count). The van der Waals surface area contributed by atoms with Crippen LogP contribution in [0.15, 0.2) is 29.2 Å². The molecule has 1 aliphatic heterocycles. The Morgan fingerprint density at radius 1 is 1.33 bits per heavy atom. The molecular formula is C16H24N2O2S. The van der Waals surface area contributed by atoms with E-state index in [0.717, 1.165) is 25.9 Å². The van der Waals surface area contributed by atoms with E-state index in [1.54, 1.807) is 18.9 Å². The Morgan fingerprint density at radius 3 is 2.57 bits per heavy atom. The van der Waals surface area contributed by atoms with E-state index in [9.17, 15) is 4.79 Å². The highest BCUT2D eigenvalue weighted by Crippen LogP contribution is 2.28. The van der Waals surface area contributed by atoms with Gasteiger partial charge in [0.1, 0.15) is 0 Å². The molecule has 2 N–H and O–H groups in total. The molecule has 0 aliphatic carbocycles. The van der Waals surface area contributed by atoms with Crippen LogP contribution in [0, 0.1) is 5.41 Å². The Labute approximate surface area is 131 Å². The predicted octanol–water partition coefficient (Wildman–Crippen LogP) is 2.15. The second-order valence-corrected chi connectivity index (χ2v) is 6.47. The number of rotatable bonds is 6. The van der Waals surface area contributed by atoms with Crippen molar-refractivity contribution in [2.75, 3.05) is 39.6 Å². The summed E-state index contributed by atoms with van der Waals surface area (Å²) < 4.78 is 5.37. The van der Waals surface area contributed by atoms with Crippen LogP contribution in [0.5, 0.6) is 0 Å². The van der Waals surface area contributed by atoms with Gasteiger partial charge in [0.2, 0.25) is 0 Å². The second kappa shape index (κ2) is 7.82. The number of nitrogens with one attached hydrogen (secondary N) is 2. The van der Waals surface area contributed by atoms with Crippen LogP contribution >= 0.6 is 11.8 Å². The highest BCUT2D eigenvalue weighted by atomic mass is 32.2.